The van der Waals surface area contributed by atoms with Crippen LogP contribution in [0, 0.1) is 5.21 Å². The van der Waals surface area contributed by atoms with Gasteiger partial charge in [-0.3, -0.25) is 0 Å². The molecule has 0 amide bonds. The highest BCUT2D eigenvalue weighted by Crippen LogP contribution is 2.10. The molecule has 0 bridgehead atoms. The Morgan fingerprint density at radius 1 is 0.913 bits per heavy atom. The third-order valence-electron chi connectivity index (χ3n) is 3.93. The summed E-state index contributed by atoms with van der Waals surface area (Å²) in [5.74, 6) is 0. The van der Waals surface area contributed by atoms with Crippen molar-refractivity contribution < 1.29 is 14.9 Å². The van der Waals surface area contributed by atoms with Crippen molar-refractivity contribution >= 4 is 0 Å². The predicted octanol–water partition coefficient (Wildman–Crippen LogP) is 3.47. The normalized spacial score (nSPS) is 12.9. The van der Waals surface area contributed by atoms with Gasteiger partial charge in [0.1, 0.15) is 0 Å². The number of ether oxygens (including phenoxy) is 1. The van der Waals surface area contributed by atoms with Crippen LogP contribution in [0.2, 0.25) is 0 Å². The van der Waals surface area contributed by atoms with Gasteiger partial charge >= 0.3 is 0 Å². The number of hydrogen-bond donors (Lipinski definition) is 2. The first-order valence-corrected chi connectivity index (χ1v) is 9.49. The van der Waals surface area contributed by atoms with E-state index in [0.29, 0.717) is 13.0 Å². The molecule has 2 N–H and O–H groups in total. The lowest BCUT2D eigenvalue weighted by Gasteiger charge is -2.29. The van der Waals surface area contributed by atoms with Crippen molar-refractivity contribution in [3.05, 3.63) is 5.21 Å². The molecule has 23 heavy (non-hydrogen) atoms. The maximum Gasteiger partial charge on any atom is 0.0890 e. The van der Waals surface area contributed by atoms with Crippen molar-refractivity contribution in [3.8, 4) is 0 Å². The van der Waals surface area contributed by atoms with E-state index < -0.39 is 6.10 Å². The van der Waals surface area contributed by atoms with Crippen LogP contribution < -0.4 is 0 Å². The predicted molar refractivity (Wildman–Crippen MR) is 95.3 cm³/mol. The Kier molecular flexibility index (Phi) is 18.0. The van der Waals surface area contributed by atoms with E-state index in [1.165, 1.54) is 57.8 Å². The third-order valence-corrected chi connectivity index (χ3v) is 3.93. The van der Waals surface area contributed by atoms with Crippen LogP contribution in [0.1, 0.15) is 77.6 Å². The van der Waals surface area contributed by atoms with Gasteiger partial charge in [-0.1, -0.05) is 64.7 Å². The minimum Gasteiger partial charge on any atom is -0.785 e. The van der Waals surface area contributed by atoms with Gasteiger partial charge in [-0.05, 0) is 19.4 Å². The summed E-state index contributed by atoms with van der Waals surface area (Å²) < 4.78 is 5.41. The summed E-state index contributed by atoms with van der Waals surface area (Å²) in [6, 6.07) is 0. The van der Waals surface area contributed by atoms with Gasteiger partial charge in [0.05, 0.1) is 12.7 Å². The Labute approximate surface area is 142 Å². The van der Waals surface area contributed by atoms with E-state index in [-0.39, 0.29) is 26.3 Å². The van der Waals surface area contributed by atoms with Crippen LogP contribution in [0.4, 0.5) is 0 Å². The fourth-order valence-electron chi connectivity index (χ4n) is 2.54. The van der Waals surface area contributed by atoms with Crippen LogP contribution in [0.15, 0.2) is 0 Å². The second-order valence-electron chi connectivity index (χ2n) is 6.38. The number of hydroxylamine groups is 2. The van der Waals surface area contributed by atoms with Gasteiger partial charge in [-0.25, -0.2) is 0 Å². The van der Waals surface area contributed by atoms with Crippen LogP contribution in [0.3, 0.4) is 0 Å². The second-order valence-corrected chi connectivity index (χ2v) is 6.38. The SMILES string of the molecule is CCCCCCCCCCCCOCC(O)CN([O-])CCCO. The zero-order valence-corrected chi connectivity index (χ0v) is 15.0. The van der Waals surface area contributed by atoms with Gasteiger partial charge in [0.2, 0.25) is 0 Å². The van der Waals surface area contributed by atoms with E-state index in [1.807, 2.05) is 0 Å². The van der Waals surface area contributed by atoms with Crippen LogP contribution in [-0.2, 0) is 4.74 Å². The van der Waals surface area contributed by atoms with Crippen LogP contribution in [0.5, 0.6) is 0 Å². The summed E-state index contributed by atoms with van der Waals surface area (Å²) in [5.41, 5.74) is 0. The molecule has 0 saturated carbocycles. The van der Waals surface area contributed by atoms with E-state index in [1.54, 1.807) is 0 Å². The Hall–Kier alpha value is -0.200. The second kappa shape index (κ2) is 18.1. The Bertz CT molecular complexity index is 229. The molecule has 0 aromatic rings. The van der Waals surface area contributed by atoms with Gasteiger partial charge in [0.25, 0.3) is 0 Å². The minimum absolute atomic E-state index is 0.00404. The Morgan fingerprint density at radius 3 is 2.04 bits per heavy atom. The molecule has 1 unspecified atom stereocenters. The minimum atomic E-state index is -0.741. The highest BCUT2D eigenvalue weighted by atomic mass is 16.5. The van der Waals surface area contributed by atoms with Gasteiger partial charge in [-0.15, -0.1) is 0 Å². The molecule has 0 aromatic heterocycles. The molecule has 0 rings (SSSR count). The molecule has 0 radical (unpaired) electrons. The van der Waals surface area contributed by atoms with Gasteiger partial charge in [0.15, 0.2) is 0 Å². The molecule has 0 aliphatic rings. The average Bonchev–Trinajstić information content (AvgIpc) is 2.54. The lowest BCUT2D eigenvalue weighted by molar-refractivity contribution is 0.0218. The summed E-state index contributed by atoms with van der Waals surface area (Å²) in [6.07, 6.45) is 12.6. The highest BCUT2D eigenvalue weighted by molar-refractivity contribution is 4.64. The van der Waals surface area contributed by atoms with Gasteiger partial charge in [-0.2, -0.15) is 0 Å². The first-order valence-electron chi connectivity index (χ1n) is 9.49. The molecule has 1 atom stereocenters. The smallest absolute Gasteiger partial charge is 0.0890 e. The van der Waals surface area contributed by atoms with Crippen molar-refractivity contribution in [1.82, 2.24) is 5.06 Å². The van der Waals surface area contributed by atoms with Crippen LogP contribution >= 0.6 is 0 Å². The number of unbranched alkanes of at least 4 members (excludes halogenated alkanes) is 9. The first-order chi connectivity index (χ1) is 11.2. The quantitative estimate of drug-likeness (QED) is 0.297. The molecule has 0 heterocycles. The standard InChI is InChI=1S/C18H38NO4/c1-2-3-4-5-6-7-8-9-10-11-15-23-17-18(21)16-19(22)13-12-14-20/h18,20-21H,2-17H2,1H3/q-1. The maximum absolute atomic E-state index is 11.3. The molecule has 0 saturated heterocycles. The van der Waals surface area contributed by atoms with E-state index >= 15 is 0 Å². The molecule has 0 fully saturated rings. The van der Waals surface area contributed by atoms with Crippen molar-refractivity contribution in [1.29, 1.82) is 0 Å². The van der Waals surface area contributed by atoms with Gasteiger partial charge in [0, 0.05) is 19.8 Å². The summed E-state index contributed by atoms with van der Waals surface area (Å²) in [6.45, 7) is 3.43. The van der Waals surface area contributed by atoms with Crippen molar-refractivity contribution in [2.75, 3.05) is 32.9 Å². The zero-order chi connectivity index (χ0) is 17.2. The fourth-order valence-corrected chi connectivity index (χ4v) is 2.54. The lowest BCUT2D eigenvalue weighted by atomic mass is 10.1. The number of nitrogens with zero attached hydrogens (tertiary/aromatic N) is 1. The number of aliphatic hydroxyl groups is 2. The molecular weight excluding hydrogens is 294 g/mol. The molecule has 0 aliphatic heterocycles. The van der Waals surface area contributed by atoms with E-state index in [2.05, 4.69) is 6.92 Å². The van der Waals surface area contributed by atoms with E-state index in [0.717, 1.165) is 11.5 Å². The monoisotopic (exact) mass is 332 g/mol. The van der Waals surface area contributed by atoms with Crippen molar-refractivity contribution in [2.24, 2.45) is 0 Å². The fraction of sp³-hybridized carbons (Fsp3) is 1.00. The summed E-state index contributed by atoms with van der Waals surface area (Å²) in [5, 5.41) is 30.4. The third kappa shape index (κ3) is 18.0. The highest BCUT2D eigenvalue weighted by Gasteiger charge is 2.05. The summed E-state index contributed by atoms with van der Waals surface area (Å²) in [7, 11) is 0. The lowest BCUT2D eigenvalue weighted by Crippen LogP contribution is -2.32. The van der Waals surface area contributed by atoms with Gasteiger partial charge < -0.3 is 25.2 Å². The number of aliphatic hydroxyl groups excluding tert-OH is 2. The topological polar surface area (TPSA) is 76.0 Å². The largest absolute Gasteiger partial charge is 0.785 e. The van der Waals surface area contributed by atoms with E-state index in [9.17, 15) is 10.3 Å². The Morgan fingerprint density at radius 2 is 1.48 bits per heavy atom. The maximum atomic E-state index is 11.3. The van der Waals surface area contributed by atoms with Crippen molar-refractivity contribution in [2.45, 2.75) is 83.7 Å². The number of hydrogen-bond acceptors (Lipinski definition) is 5. The van der Waals surface area contributed by atoms with Crippen LogP contribution in [0.25, 0.3) is 0 Å². The molecule has 0 aromatic carbocycles. The average molecular weight is 333 g/mol. The molecule has 0 aliphatic carbocycles. The molecule has 5 nitrogen and oxygen atoms in total. The number of rotatable bonds is 18. The molecule has 140 valence electrons. The summed E-state index contributed by atoms with van der Waals surface area (Å²) >= 11 is 0. The molecular formula is C18H38NO4-. The van der Waals surface area contributed by atoms with E-state index in [4.69, 9.17) is 9.84 Å². The molecule has 0 spiro atoms. The van der Waals surface area contributed by atoms with Crippen LogP contribution in [-0.4, -0.2) is 54.3 Å². The van der Waals surface area contributed by atoms with Crippen molar-refractivity contribution in [3.63, 3.8) is 0 Å². The molecule has 5 heteroatoms. The first kappa shape index (κ1) is 22.8. The zero-order valence-electron chi connectivity index (χ0n) is 15.0. The summed E-state index contributed by atoms with van der Waals surface area (Å²) in [4.78, 5) is 0. The Balaban J connectivity index is 3.20.